The lowest BCUT2D eigenvalue weighted by Gasteiger charge is -2.29. The van der Waals surface area contributed by atoms with Crippen LogP contribution in [0.15, 0.2) is 0 Å². The number of likely N-dealkylation sites (tertiary alicyclic amines) is 1. The van der Waals surface area contributed by atoms with Gasteiger partial charge in [0.1, 0.15) is 0 Å². The Morgan fingerprint density at radius 3 is 2.71 bits per heavy atom. The maximum absolute atomic E-state index is 5.91. The summed E-state index contributed by atoms with van der Waals surface area (Å²) in [6.45, 7) is 6.81. The van der Waals surface area contributed by atoms with Gasteiger partial charge in [-0.1, -0.05) is 26.2 Å². The molecule has 0 bridgehead atoms. The molecule has 0 saturated carbocycles. The summed E-state index contributed by atoms with van der Waals surface area (Å²) in [4.78, 5) is 4.94. The SMILES string of the molecule is CCCCCC(CN)N(C)CC1CCN(C)C1. The number of nitrogens with zero attached hydrogens (tertiary/aromatic N) is 2. The van der Waals surface area contributed by atoms with Gasteiger partial charge in [0.25, 0.3) is 0 Å². The predicted octanol–water partition coefficient (Wildman–Crippen LogP) is 1.78. The summed E-state index contributed by atoms with van der Waals surface area (Å²) in [6.07, 6.45) is 6.59. The van der Waals surface area contributed by atoms with E-state index in [0.29, 0.717) is 6.04 Å². The van der Waals surface area contributed by atoms with Crippen molar-refractivity contribution in [2.75, 3.05) is 40.3 Å². The maximum Gasteiger partial charge on any atom is 0.0215 e. The van der Waals surface area contributed by atoms with E-state index in [-0.39, 0.29) is 0 Å². The van der Waals surface area contributed by atoms with Gasteiger partial charge in [-0.25, -0.2) is 0 Å². The Morgan fingerprint density at radius 1 is 1.41 bits per heavy atom. The molecule has 2 unspecified atom stereocenters. The smallest absolute Gasteiger partial charge is 0.0215 e. The fourth-order valence-corrected chi connectivity index (χ4v) is 2.88. The van der Waals surface area contributed by atoms with Crippen LogP contribution >= 0.6 is 0 Å². The highest BCUT2D eigenvalue weighted by atomic mass is 15.2. The summed E-state index contributed by atoms with van der Waals surface area (Å²) in [6, 6.07) is 0.590. The molecule has 3 nitrogen and oxygen atoms in total. The minimum Gasteiger partial charge on any atom is -0.329 e. The van der Waals surface area contributed by atoms with Gasteiger partial charge >= 0.3 is 0 Å². The Kier molecular flexibility index (Phi) is 7.09. The van der Waals surface area contributed by atoms with Gasteiger partial charge in [-0.3, -0.25) is 0 Å². The molecule has 1 saturated heterocycles. The fourth-order valence-electron chi connectivity index (χ4n) is 2.88. The second kappa shape index (κ2) is 8.06. The van der Waals surface area contributed by atoms with E-state index in [1.54, 1.807) is 0 Å². The molecule has 0 aromatic heterocycles. The molecule has 0 amide bonds. The zero-order chi connectivity index (χ0) is 12.7. The van der Waals surface area contributed by atoms with Gasteiger partial charge in [-0.05, 0) is 39.4 Å². The normalized spacial score (nSPS) is 23.5. The lowest BCUT2D eigenvalue weighted by molar-refractivity contribution is 0.198. The number of nitrogens with two attached hydrogens (primary N) is 1. The van der Waals surface area contributed by atoms with Crippen LogP contribution in [-0.4, -0.2) is 56.1 Å². The number of unbranched alkanes of at least 4 members (excludes halogenated alkanes) is 2. The van der Waals surface area contributed by atoms with Gasteiger partial charge in [0.2, 0.25) is 0 Å². The standard InChI is InChI=1S/C14H31N3/c1-4-5-6-7-14(10-15)17(3)12-13-8-9-16(2)11-13/h13-14H,4-12,15H2,1-3H3. The van der Waals surface area contributed by atoms with Crippen LogP contribution in [0, 0.1) is 5.92 Å². The van der Waals surface area contributed by atoms with E-state index >= 15 is 0 Å². The molecule has 3 heteroatoms. The summed E-state index contributed by atoms with van der Waals surface area (Å²) in [5, 5.41) is 0. The van der Waals surface area contributed by atoms with Crippen molar-refractivity contribution in [1.82, 2.24) is 9.80 Å². The van der Waals surface area contributed by atoms with Crippen LogP contribution < -0.4 is 5.73 Å². The first kappa shape index (κ1) is 14.9. The molecule has 1 aliphatic heterocycles. The molecule has 2 N–H and O–H groups in total. The molecule has 17 heavy (non-hydrogen) atoms. The van der Waals surface area contributed by atoms with E-state index in [1.807, 2.05) is 0 Å². The second-order valence-corrected chi connectivity index (χ2v) is 5.74. The van der Waals surface area contributed by atoms with Crippen LogP contribution in [0.2, 0.25) is 0 Å². The summed E-state index contributed by atoms with van der Waals surface area (Å²) in [7, 11) is 4.48. The van der Waals surface area contributed by atoms with Crippen molar-refractivity contribution in [3.05, 3.63) is 0 Å². The first-order chi connectivity index (χ1) is 8.17. The summed E-state index contributed by atoms with van der Waals surface area (Å²) in [5.41, 5.74) is 5.91. The van der Waals surface area contributed by atoms with Crippen LogP contribution in [0.3, 0.4) is 0 Å². The van der Waals surface area contributed by atoms with E-state index in [9.17, 15) is 0 Å². The Bertz CT molecular complexity index is 196. The van der Waals surface area contributed by atoms with Crippen LogP contribution in [-0.2, 0) is 0 Å². The fraction of sp³-hybridized carbons (Fsp3) is 1.00. The number of hydrogen-bond donors (Lipinski definition) is 1. The Labute approximate surface area is 107 Å². The van der Waals surface area contributed by atoms with E-state index in [4.69, 9.17) is 5.73 Å². The lowest BCUT2D eigenvalue weighted by atomic mass is 10.0. The van der Waals surface area contributed by atoms with Crippen molar-refractivity contribution in [1.29, 1.82) is 0 Å². The summed E-state index contributed by atoms with van der Waals surface area (Å²) >= 11 is 0. The van der Waals surface area contributed by atoms with Gasteiger partial charge in [0.05, 0.1) is 0 Å². The molecule has 0 aliphatic carbocycles. The Morgan fingerprint density at radius 2 is 2.18 bits per heavy atom. The van der Waals surface area contributed by atoms with Crippen molar-refractivity contribution in [3.63, 3.8) is 0 Å². The third-order valence-electron chi connectivity index (χ3n) is 4.07. The summed E-state index contributed by atoms with van der Waals surface area (Å²) in [5.74, 6) is 0.852. The monoisotopic (exact) mass is 241 g/mol. The highest BCUT2D eigenvalue weighted by Crippen LogP contribution is 2.17. The molecule has 0 aromatic rings. The third-order valence-corrected chi connectivity index (χ3v) is 4.07. The van der Waals surface area contributed by atoms with Crippen molar-refractivity contribution in [3.8, 4) is 0 Å². The lowest BCUT2D eigenvalue weighted by Crippen LogP contribution is -2.41. The van der Waals surface area contributed by atoms with Gasteiger partial charge in [0, 0.05) is 25.7 Å². The van der Waals surface area contributed by atoms with Crippen LogP contribution in [0.5, 0.6) is 0 Å². The predicted molar refractivity (Wildman–Crippen MR) is 75.2 cm³/mol. The first-order valence-electron chi connectivity index (χ1n) is 7.26. The average Bonchev–Trinajstić information content (AvgIpc) is 2.70. The van der Waals surface area contributed by atoms with Gasteiger partial charge in [-0.2, -0.15) is 0 Å². The van der Waals surface area contributed by atoms with Crippen LogP contribution in [0.1, 0.15) is 39.0 Å². The molecule has 0 spiro atoms. The minimum atomic E-state index is 0.590. The minimum absolute atomic E-state index is 0.590. The number of rotatable bonds is 8. The van der Waals surface area contributed by atoms with E-state index in [1.165, 1.54) is 51.7 Å². The molecule has 2 atom stereocenters. The van der Waals surface area contributed by atoms with E-state index in [2.05, 4.69) is 30.8 Å². The quantitative estimate of drug-likeness (QED) is 0.658. The number of likely N-dealkylation sites (N-methyl/N-ethyl adjacent to an activating group) is 1. The maximum atomic E-state index is 5.91. The molecule has 0 radical (unpaired) electrons. The van der Waals surface area contributed by atoms with Crippen molar-refractivity contribution < 1.29 is 0 Å². The van der Waals surface area contributed by atoms with Gasteiger partial charge in [0.15, 0.2) is 0 Å². The molecule has 1 fully saturated rings. The molecule has 102 valence electrons. The van der Waals surface area contributed by atoms with E-state index in [0.717, 1.165) is 12.5 Å². The molecular formula is C14H31N3. The molecule has 1 rings (SSSR count). The average molecular weight is 241 g/mol. The Balaban J connectivity index is 2.25. The van der Waals surface area contributed by atoms with Gasteiger partial charge in [-0.15, -0.1) is 0 Å². The van der Waals surface area contributed by atoms with Crippen molar-refractivity contribution in [2.45, 2.75) is 45.1 Å². The topological polar surface area (TPSA) is 32.5 Å². The van der Waals surface area contributed by atoms with E-state index < -0.39 is 0 Å². The molecule has 0 aromatic carbocycles. The number of hydrogen-bond acceptors (Lipinski definition) is 3. The van der Waals surface area contributed by atoms with Crippen molar-refractivity contribution >= 4 is 0 Å². The highest BCUT2D eigenvalue weighted by Gasteiger charge is 2.23. The molecule has 1 heterocycles. The highest BCUT2D eigenvalue weighted by molar-refractivity contribution is 4.78. The Hall–Kier alpha value is -0.120. The van der Waals surface area contributed by atoms with Crippen LogP contribution in [0.25, 0.3) is 0 Å². The van der Waals surface area contributed by atoms with Crippen molar-refractivity contribution in [2.24, 2.45) is 11.7 Å². The zero-order valence-corrected chi connectivity index (χ0v) is 12.0. The van der Waals surface area contributed by atoms with Gasteiger partial charge < -0.3 is 15.5 Å². The largest absolute Gasteiger partial charge is 0.329 e. The zero-order valence-electron chi connectivity index (χ0n) is 12.0. The second-order valence-electron chi connectivity index (χ2n) is 5.74. The first-order valence-corrected chi connectivity index (χ1v) is 7.26. The molecular weight excluding hydrogens is 210 g/mol. The molecule has 1 aliphatic rings. The van der Waals surface area contributed by atoms with Crippen LogP contribution in [0.4, 0.5) is 0 Å². The third kappa shape index (κ3) is 5.36. The summed E-state index contributed by atoms with van der Waals surface area (Å²) < 4.78 is 0.